The topological polar surface area (TPSA) is 33.0 Å². The standard InChI is InChI=1S/C14H19NO/c1-3-4-5-8-16-11-14-7-6-13(10-15)9-12(14)2/h6-7,9H,3-5,8,11H2,1-2H3. The number of unbranched alkanes of at least 4 members (excludes halogenated alkanes) is 2. The molecule has 2 nitrogen and oxygen atoms in total. The summed E-state index contributed by atoms with van der Waals surface area (Å²) >= 11 is 0. The molecule has 0 atom stereocenters. The molecule has 0 amide bonds. The molecule has 0 spiro atoms. The van der Waals surface area contributed by atoms with Gasteiger partial charge in [-0.2, -0.15) is 5.26 Å². The van der Waals surface area contributed by atoms with E-state index < -0.39 is 0 Å². The number of aryl methyl sites for hydroxylation is 1. The molecule has 0 aliphatic heterocycles. The highest BCUT2D eigenvalue weighted by Crippen LogP contribution is 2.12. The Hall–Kier alpha value is -1.33. The second-order valence-corrected chi connectivity index (χ2v) is 4.01. The monoisotopic (exact) mass is 217 g/mol. The third-order valence-electron chi connectivity index (χ3n) is 2.62. The molecule has 0 saturated heterocycles. The molecule has 16 heavy (non-hydrogen) atoms. The van der Waals surface area contributed by atoms with E-state index in [1.807, 2.05) is 25.1 Å². The average Bonchev–Trinajstić information content (AvgIpc) is 2.30. The van der Waals surface area contributed by atoms with Crippen molar-refractivity contribution in [2.75, 3.05) is 6.61 Å². The first-order valence-electron chi connectivity index (χ1n) is 5.85. The SMILES string of the molecule is CCCCCOCc1ccc(C#N)cc1C. The second kappa shape index (κ2) is 7.03. The lowest BCUT2D eigenvalue weighted by Gasteiger charge is -2.07. The molecule has 0 aromatic heterocycles. The van der Waals surface area contributed by atoms with E-state index in [2.05, 4.69) is 13.0 Å². The van der Waals surface area contributed by atoms with Gasteiger partial charge in [0.05, 0.1) is 18.2 Å². The minimum atomic E-state index is 0.654. The summed E-state index contributed by atoms with van der Waals surface area (Å²) in [5.41, 5.74) is 3.03. The first kappa shape index (κ1) is 12.7. The molecule has 0 heterocycles. The number of hydrogen-bond donors (Lipinski definition) is 0. The Morgan fingerprint density at radius 2 is 2.12 bits per heavy atom. The van der Waals surface area contributed by atoms with Crippen LogP contribution in [0.2, 0.25) is 0 Å². The van der Waals surface area contributed by atoms with Crippen LogP contribution in [0.5, 0.6) is 0 Å². The molecule has 0 unspecified atom stereocenters. The Labute approximate surface area is 97.9 Å². The van der Waals surface area contributed by atoms with Gasteiger partial charge in [0.25, 0.3) is 0 Å². The van der Waals surface area contributed by atoms with Gasteiger partial charge in [0, 0.05) is 6.61 Å². The van der Waals surface area contributed by atoms with Crippen molar-refractivity contribution < 1.29 is 4.74 Å². The molecular formula is C14H19NO. The molecule has 2 heteroatoms. The van der Waals surface area contributed by atoms with E-state index in [1.54, 1.807) is 0 Å². The van der Waals surface area contributed by atoms with Crippen molar-refractivity contribution in [3.8, 4) is 6.07 Å². The summed E-state index contributed by atoms with van der Waals surface area (Å²) < 4.78 is 5.59. The van der Waals surface area contributed by atoms with Crippen molar-refractivity contribution in [1.82, 2.24) is 0 Å². The van der Waals surface area contributed by atoms with E-state index >= 15 is 0 Å². The summed E-state index contributed by atoms with van der Waals surface area (Å²) in [5, 5.41) is 8.74. The molecule has 86 valence electrons. The third-order valence-corrected chi connectivity index (χ3v) is 2.62. The molecule has 0 radical (unpaired) electrons. The number of benzene rings is 1. The molecule has 0 aliphatic carbocycles. The average molecular weight is 217 g/mol. The van der Waals surface area contributed by atoms with Crippen LogP contribution in [0.3, 0.4) is 0 Å². The van der Waals surface area contributed by atoms with E-state index in [-0.39, 0.29) is 0 Å². The highest BCUT2D eigenvalue weighted by molar-refractivity contribution is 5.37. The van der Waals surface area contributed by atoms with Gasteiger partial charge in [-0.25, -0.2) is 0 Å². The van der Waals surface area contributed by atoms with Crippen LogP contribution in [-0.4, -0.2) is 6.61 Å². The molecule has 0 bridgehead atoms. The molecule has 1 aromatic carbocycles. The summed E-state index contributed by atoms with van der Waals surface area (Å²) in [7, 11) is 0. The predicted molar refractivity (Wildman–Crippen MR) is 65.1 cm³/mol. The van der Waals surface area contributed by atoms with Crippen molar-refractivity contribution in [2.45, 2.75) is 39.7 Å². The smallest absolute Gasteiger partial charge is 0.0991 e. The predicted octanol–water partition coefficient (Wildman–Crippen LogP) is 3.57. The Bertz CT molecular complexity index is 365. The van der Waals surface area contributed by atoms with Crippen LogP contribution >= 0.6 is 0 Å². The lowest BCUT2D eigenvalue weighted by atomic mass is 10.1. The van der Waals surface area contributed by atoms with Crippen molar-refractivity contribution >= 4 is 0 Å². The third kappa shape index (κ3) is 4.04. The van der Waals surface area contributed by atoms with Crippen LogP contribution in [0.4, 0.5) is 0 Å². The van der Waals surface area contributed by atoms with Gasteiger partial charge < -0.3 is 4.74 Å². The number of nitriles is 1. The maximum Gasteiger partial charge on any atom is 0.0991 e. The van der Waals surface area contributed by atoms with Crippen LogP contribution < -0.4 is 0 Å². The largest absolute Gasteiger partial charge is 0.377 e. The summed E-state index contributed by atoms with van der Waals surface area (Å²) in [6.45, 7) is 5.69. The Balaban J connectivity index is 2.40. The molecule has 0 N–H and O–H groups in total. The highest BCUT2D eigenvalue weighted by atomic mass is 16.5. The molecular weight excluding hydrogens is 198 g/mol. The van der Waals surface area contributed by atoms with Gasteiger partial charge in [0.2, 0.25) is 0 Å². The normalized spacial score (nSPS) is 10.1. The van der Waals surface area contributed by atoms with Gasteiger partial charge in [-0.15, -0.1) is 0 Å². The second-order valence-electron chi connectivity index (χ2n) is 4.01. The van der Waals surface area contributed by atoms with Crippen LogP contribution in [0.1, 0.15) is 42.9 Å². The quantitative estimate of drug-likeness (QED) is 0.682. The van der Waals surface area contributed by atoms with Crippen molar-refractivity contribution in [3.63, 3.8) is 0 Å². The fourth-order valence-electron chi connectivity index (χ4n) is 1.56. The van der Waals surface area contributed by atoms with Crippen LogP contribution in [0, 0.1) is 18.3 Å². The first-order chi connectivity index (χ1) is 7.77. The summed E-state index contributed by atoms with van der Waals surface area (Å²) in [6.07, 6.45) is 3.58. The maximum atomic E-state index is 8.74. The van der Waals surface area contributed by atoms with Gasteiger partial charge in [-0.1, -0.05) is 25.8 Å². The number of rotatable bonds is 6. The number of nitrogens with zero attached hydrogens (tertiary/aromatic N) is 1. The van der Waals surface area contributed by atoms with Gasteiger partial charge >= 0.3 is 0 Å². The van der Waals surface area contributed by atoms with Gasteiger partial charge in [0.15, 0.2) is 0 Å². The fraction of sp³-hybridized carbons (Fsp3) is 0.500. The lowest BCUT2D eigenvalue weighted by Crippen LogP contribution is -1.97. The minimum absolute atomic E-state index is 0.654. The van der Waals surface area contributed by atoms with Crippen LogP contribution in [0.25, 0.3) is 0 Å². The maximum absolute atomic E-state index is 8.74. The van der Waals surface area contributed by atoms with E-state index in [1.165, 1.54) is 18.4 Å². The molecule has 0 saturated carbocycles. The number of hydrogen-bond acceptors (Lipinski definition) is 2. The molecule has 1 rings (SSSR count). The zero-order valence-corrected chi connectivity index (χ0v) is 10.1. The molecule has 0 aliphatic rings. The minimum Gasteiger partial charge on any atom is -0.377 e. The summed E-state index contributed by atoms with van der Waals surface area (Å²) in [6, 6.07) is 7.87. The van der Waals surface area contributed by atoms with Crippen molar-refractivity contribution in [1.29, 1.82) is 5.26 Å². The van der Waals surface area contributed by atoms with Crippen molar-refractivity contribution in [2.24, 2.45) is 0 Å². The van der Waals surface area contributed by atoms with E-state index in [9.17, 15) is 0 Å². The molecule has 1 aromatic rings. The van der Waals surface area contributed by atoms with Gasteiger partial charge in [0.1, 0.15) is 0 Å². The van der Waals surface area contributed by atoms with E-state index in [0.29, 0.717) is 12.2 Å². The Kier molecular flexibility index (Phi) is 5.60. The van der Waals surface area contributed by atoms with Crippen LogP contribution in [0.15, 0.2) is 18.2 Å². The number of ether oxygens (including phenoxy) is 1. The van der Waals surface area contributed by atoms with E-state index in [0.717, 1.165) is 18.6 Å². The zero-order chi connectivity index (χ0) is 11.8. The van der Waals surface area contributed by atoms with Gasteiger partial charge in [-0.05, 0) is 36.6 Å². The zero-order valence-electron chi connectivity index (χ0n) is 10.1. The van der Waals surface area contributed by atoms with Crippen molar-refractivity contribution in [3.05, 3.63) is 34.9 Å². The van der Waals surface area contributed by atoms with Gasteiger partial charge in [-0.3, -0.25) is 0 Å². The Morgan fingerprint density at radius 1 is 1.31 bits per heavy atom. The first-order valence-corrected chi connectivity index (χ1v) is 5.85. The summed E-state index contributed by atoms with van der Waals surface area (Å²) in [5.74, 6) is 0. The molecule has 0 fully saturated rings. The summed E-state index contributed by atoms with van der Waals surface area (Å²) in [4.78, 5) is 0. The highest BCUT2D eigenvalue weighted by Gasteiger charge is 1.99. The van der Waals surface area contributed by atoms with Crippen LogP contribution in [-0.2, 0) is 11.3 Å². The van der Waals surface area contributed by atoms with E-state index in [4.69, 9.17) is 10.00 Å². The Morgan fingerprint density at radius 3 is 2.75 bits per heavy atom. The fourth-order valence-corrected chi connectivity index (χ4v) is 1.56. The lowest BCUT2D eigenvalue weighted by molar-refractivity contribution is 0.116.